The number of fused-ring (bicyclic) bond motifs is 2. The molecule has 1 aromatic rings. The molecule has 0 radical (unpaired) electrons. The minimum absolute atomic E-state index is 0. The first-order chi connectivity index (χ1) is 10.4. The van der Waals surface area contributed by atoms with Gasteiger partial charge >= 0.3 is 0 Å². The van der Waals surface area contributed by atoms with Gasteiger partial charge < -0.3 is 5.32 Å². The number of halogens is 1. The van der Waals surface area contributed by atoms with Gasteiger partial charge in [-0.15, -0.1) is 12.4 Å². The highest BCUT2D eigenvalue weighted by Gasteiger charge is 2.39. The van der Waals surface area contributed by atoms with E-state index in [1.54, 1.807) is 26.1 Å². The van der Waals surface area contributed by atoms with E-state index in [1.165, 1.54) is 10.4 Å². The van der Waals surface area contributed by atoms with Crippen molar-refractivity contribution >= 4 is 22.4 Å². The highest BCUT2D eigenvalue weighted by atomic mass is 35.5. The Morgan fingerprint density at radius 3 is 2.43 bits per heavy atom. The van der Waals surface area contributed by atoms with Gasteiger partial charge in [0, 0.05) is 25.2 Å². The van der Waals surface area contributed by atoms with Crippen molar-refractivity contribution in [3.05, 3.63) is 29.3 Å². The van der Waals surface area contributed by atoms with Crippen LogP contribution >= 0.6 is 12.4 Å². The molecule has 2 saturated heterocycles. The third-order valence-corrected chi connectivity index (χ3v) is 6.99. The Kier molecular flexibility index (Phi) is 5.37. The lowest BCUT2D eigenvalue weighted by atomic mass is 10.0. The molecule has 3 rings (SSSR count). The number of hydrogen-bond donors (Lipinski definition) is 1. The van der Waals surface area contributed by atoms with Crippen LogP contribution in [0.3, 0.4) is 0 Å². The minimum Gasteiger partial charge on any atom is -0.311 e. The van der Waals surface area contributed by atoms with Crippen LogP contribution in [0, 0.1) is 18.3 Å². The Hall–Kier alpha value is -1.13. The summed E-state index contributed by atoms with van der Waals surface area (Å²) >= 11 is 0. The maximum atomic E-state index is 13.0. The highest BCUT2D eigenvalue weighted by Crippen LogP contribution is 2.32. The van der Waals surface area contributed by atoms with Crippen LogP contribution in [0.25, 0.3) is 0 Å². The molecule has 23 heavy (non-hydrogen) atoms. The molecule has 0 spiro atoms. The zero-order valence-corrected chi connectivity index (χ0v) is 15.0. The summed E-state index contributed by atoms with van der Waals surface area (Å²) in [5.41, 5.74) is 1.06. The van der Waals surface area contributed by atoms with Crippen LogP contribution in [-0.4, -0.2) is 37.9 Å². The van der Waals surface area contributed by atoms with Gasteiger partial charge in [-0.05, 0) is 50.3 Å². The molecule has 2 atom stereocenters. The predicted octanol–water partition coefficient (Wildman–Crippen LogP) is 2.19. The number of sulfonamides is 1. The third kappa shape index (κ3) is 3.38. The SMILES string of the molecule is Cc1ccc(C#N)cc1S(=O)(=O)N(C)C1CC2CCC(C1)N2.Cl. The van der Waals surface area contributed by atoms with Gasteiger partial charge in [0.1, 0.15) is 0 Å². The highest BCUT2D eigenvalue weighted by molar-refractivity contribution is 7.89. The summed E-state index contributed by atoms with van der Waals surface area (Å²) in [5.74, 6) is 0. The summed E-state index contributed by atoms with van der Waals surface area (Å²) in [6.45, 7) is 1.77. The first-order valence-corrected chi connectivity index (χ1v) is 9.10. The molecular weight excluding hydrogens is 334 g/mol. The van der Waals surface area contributed by atoms with Gasteiger partial charge in [-0.25, -0.2) is 8.42 Å². The monoisotopic (exact) mass is 355 g/mol. The van der Waals surface area contributed by atoms with Crippen molar-refractivity contribution in [2.24, 2.45) is 0 Å². The number of piperidine rings is 1. The van der Waals surface area contributed by atoms with Gasteiger partial charge in [0.2, 0.25) is 10.0 Å². The minimum atomic E-state index is -3.57. The molecule has 0 amide bonds. The Morgan fingerprint density at radius 2 is 1.87 bits per heavy atom. The molecule has 0 saturated carbocycles. The second-order valence-corrected chi connectivity index (χ2v) is 8.34. The number of aryl methyl sites for hydroxylation is 1. The van der Waals surface area contributed by atoms with E-state index >= 15 is 0 Å². The van der Waals surface area contributed by atoms with Crippen LogP contribution in [-0.2, 0) is 10.0 Å². The standard InChI is InChI=1S/C16H21N3O2S.ClH/c1-11-3-4-12(10-17)7-16(11)22(20,21)19(2)15-8-13-5-6-14(9-15)18-13;/h3-4,7,13-15,18H,5-6,8-9H2,1-2H3;1H. The van der Waals surface area contributed by atoms with Crippen molar-refractivity contribution in [1.29, 1.82) is 5.26 Å². The van der Waals surface area contributed by atoms with E-state index in [1.807, 2.05) is 6.07 Å². The van der Waals surface area contributed by atoms with E-state index in [4.69, 9.17) is 5.26 Å². The molecule has 2 aliphatic heterocycles. The normalized spacial score (nSPS) is 26.6. The number of rotatable bonds is 3. The lowest BCUT2D eigenvalue weighted by molar-refractivity contribution is 0.251. The van der Waals surface area contributed by atoms with Crippen molar-refractivity contribution in [3.63, 3.8) is 0 Å². The van der Waals surface area contributed by atoms with E-state index < -0.39 is 10.0 Å². The zero-order chi connectivity index (χ0) is 15.9. The lowest BCUT2D eigenvalue weighted by Crippen LogP contribution is -2.48. The predicted molar refractivity (Wildman–Crippen MR) is 91.1 cm³/mol. The third-order valence-electron chi connectivity index (χ3n) is 4.94. The Bertz CT molecular complexity index is 717. The maximum Gasteiger partial charge on any atom is 0.243 e. The van der Waals surface area contributed by atoms with Gasteiger partial charge in [0.05, 0.1) is 16.5 Å². The van der Waals surface area contributed by atoms with Gasteiger partial charge in [-0.1, -0.05) is 6.07 Å². The summed E-state index contributed by atoms with van der Waals surface area (Å²) in [7, 11) is -1.90. The summed E-state index contributed by atoms with van der Waals surface area (Å²) in [4.78, 5) is 0.250. The molecule has 0 aliphatic carbocycles. The van der Waals surface area contributed by atoms with Crippen molar-refractivity contribution in [2.45, 2.75) is 55.6 Å². The van der Waals surface area contributed by atoms with Crippen molar-refractivity contribution in [1.82, 2.24) is 9.62 Å². The fraction of sp³-hybridized carbons (Fsp3) is 0.562. The Morgan fingerprint density at radius 1 is 1.26 bits per heavy atom. The first kappa shape index (κ1) is 18.2. The Balaban J connectivity index is 0.00000192. The van der Waals surface area contributed by atoms with Crippen LogP contribution < -0.4 is 5.32 Å². The largest absolute Gasteiger partial charge is 0.311 e. The zero-order valence-electron chi connectivity index (χ0n) is 13.3. The van der Waals surface area contributed by atoms with Crippen LogP contribution in [0.5, 0.6) is 0 Å². The van der Waals surface area contributed by atoms with Crippen molar-refractivity contribution in [3.8, 4) is 6.07 Å². The molecule has 1 N–H and O–H groups in total. The number of benzene rings is 1. The van der Waals surface area contributed by atoms with E-state index in [0.717, 1.165) is 25.7 Å². The molecule has 2 fully saturated rings. The summed E-state index contributed by atoms with van der Waals surface area (Å²) in [6.07, 6.45) is 4.00. The fourth-order valence-corrected chi connectivity index (χ4v) is 5.25. The van der Waals surface area contributed by atoms with Gasteiger partial charge in [0.15, 0.2) is 0 Å². The molecular formula is C16H22ClN3O2S. The number of nitriles is 1. The summed E-state index contributed by atoms with van der Waals surface area (Å²) in [6, 6.07) is 7.76. The van der Waals surface area contributed by atoms with Crippen molar-refractivity contribution < 1.29 is 8.42 Å². The van der Waals surface area contributed by atoms with Gasteiger partial charge in [0.25, 0.3) is 0 Å². The molecule has 7 heteroatoms. The molecule has 2 heterocycles. The molecule has 5 nitrogen and oxygen atoms in total. The van der Waals surface area contributed by atoms with Gasteiger partial charge in [-0.3, -0.25) is 0 Å². The summed E-state index contributed by atoms with van der Waals surface area (Å²) < 4.78 is 27.4. The van der Waals surface area contributed by atoms with E-state index in [0.29, 0.717) is 23.2 Å². The van der Waals surface area contributed by atoms with E-state index in [2.05, 4.69) is 5.32 Å². The van der Waals surface area contributed by atoms with Crippen molar-refractivity contribution in [2.75, 3.05) is 7.05 Å². The van der Waals surface area contributed by atoms with E-state index in [9.17, 15) is 8.42 Å². The molecule has 126 valence electrons. The topological polar surface area (TPSA) is 73.2 Å². The quantitative estimate of drug-likeness (QED) is 0.902. The van der Waals surface area contributed by atoms with Crippen LogP contribution in [0.1, 0.15) is 36.8 Å². The Labute approximate surface area is 144 Å². The summed E-state index contributed by atoms with van der Waals surface area (Å²) in [5, 5.41) is 12.5. The molecule has 2 bridgehead atoms. The number of nitrogens with one attached hydrogen (secondary N) is 1. The molecule has 0 aromatic heterocycles. The average Bonchev–Trinajstić information content (AvgIpc) is 2.85. The molecule has 2 unspecified atom stereocenters. The van der Waals surface area contributed by atoms with Crippen LogP contribution in [0.4, 0.5) is 0 Å². The number of nitrogens with zero attached hydrogens (tertiary/aromatic N) is 2. The second kappa shape index (κ2) is 6.78. The van der Waals surface area contributed by atoms with Crippen LogP contribution in [0.15, 0.2) is 23.1 Å². The fourth-order valence-electron chi connectivity index (χ4n) is 3.62. The molecule has 1 aromatic carbocycles. The first-order valence-electron chi connectivity index (χ1n) is 7.66. The van der Waals surface area contributed by atoms with Gasteiger partial charge in [-0.2, -0.15) is 9.57 Å². The maximum absolute atomic E-state index is 13.0. The lowest BCUT2D eigenvalue weighted by Gasteiger charge is -2.35. The number of hydrogen-bond acceptors (Lipinski definition) is 4. The van der Waals surface area contributed by atoms with Crippen LogP contribution in [0.2, 0.25) is 0 Å². The van der Waals surface area contributed by atoms with E-state index in [-0.39, 0.29) is 23.3 Å². The smallest absolute Gasteiger partial charge is 0.243 e. The second-order valence-electron chi connectivity index (χ2n) is 6.38. The average molecular weight is 356 g/mol. The molecule has 2 aliphatic rings.